The molecule has 0 spiro atoms. The largest absolute Gasteiger partial charge is 0.497 e. The van der Waals surface area contributed by atoms with Gasteiger partial charge in [0, 0.05) is 29.2 Å². The molecule has 1 heterocycles. The van der Waals surface area contributed by atoms with Crippen LogP contribution < -0.4 is 10.1 Å². The molecule has 1 aliphatic carbocycles. The summed E-state index contributed by atoms with van der Waals surface area (Å²) in [6.07, 6.45) is 2.56. The Kier molecular flexibility index (Phi) is 2.82. The van der Waals surface area contributed by atoms with Gasteiger partial charge in [-0.25, -0.2) is 0 Å². The number of nitrogens with one attached hydrogen (secondary N) is 1. The minimum Gasteiger partial charge on any atom is -0.497 e. The second kappa shape index (κ2) is 4.48. The van der Waals surface area contributed by atoms with Gasteiger partial charge in [0.2, 0.25) is 0 Å². The number of methoxy groups -OCH3 is 1. The topological polar surface area (TPSA) is 34.2 Å². The van der Waals surface area contributed by atoms with Crippen LogP contribution in [0.5, 0.6) is 5.75 Å². The lowest BCUT2D eigenvalue weighted by molar-refractivity contribution is 0.415. The van der Waals surface area contributed by atoms with Crippen molar-refractivity contribution in [3.8, 4) is 5.75 Å². The summed E-state index contributed by atoms with van der Waals surface area (Å²) in [5.41, 5.74) is 3.45. The Bertz CT molecular complexity index is 576. The lowest BCUT2D eigenvalue weighted by Gasteiger charge is -2.11. The molecule has 1 saturated carbocycles. The Balaban J connectivity index is 2.16. The molecule has 2 aromatic rings. The molecule has 1 N–H and O–H groups in total. The zero-order valence-corrected chi connectivity index (χ0v) is 10.9. The Morgan fingerprint density at radius 3 is 2.83 bits per heavy atom. The van der Waals surface area contributed by atoms with Gasteiger partial charge < -0.3 is 10.1 Å². The highest BCUT2D eigenvalue weighted by atomic mass is 16.5. The molecule has 0 amide bonds. The Hall–Kier alpha value is -1.77. The molecule has 3 nitrogen and oxygen atoms in total. The van der Waals surface area contributed by atoms with Crippen LogP contribution in [0.3, 0.4) is 0 Å². The Morgan fingerprint density at radius 1 is 1.33 bits per heavy atom. The van der Waals surface area contributed by atoms with E-state index in [1.807, 2.05) is 12.1 Å². The minimum atomic E-state index is 0.675. The first-order valence-corrected chi connectivity index (χ1v) is 6.54. The molecule has 0 bridgehead atoms. The van der Waals surface area contributed by atoms with E-state index in [9.17, 15) is 0 Å². The molecule has 94 valence electrons. The number of benzene rings is 1. The second-order valence-electron chi connectivity index (χ2n) is 4.78. The van der Waals surface area contributed by atoms with Gasteiger partial charge in [0.25, 0.3) is 0 Å². The maximum atomic E-state index is 5.29. The van der Waals surface area contributed by atoms with Crippen molar-refractivity contribution in [3.05, 3.63) is 30.0 Å². The van der Waals surface area contributed by atoms with E-state index in [0.29, 0.717) is 5.92 Å². The molecule has 1 aliphatic rings. The van der Waals surface area contributed by atoms with Crippen molar-refractivity contribution in [3.63, 3.8) is 0 Å². The van der Waals surface area contributed by atoms with Crippen LogP contribution in [0.15, 0.2) is 24.3 Å². The van der Waals surface area contributed by atoms with Crippen LogP contribution in [0.4, 0.5) is 5.69 Å². The van der Waals surface area contributed by atoms with Crippen molar-refractivity contribution in [2.24, 2.45) is 0 Å². The van der Waals surface area contributed by atoms with Gasteiger partial charge in [-0.1, -0.05) is 0 Å². The fraction of sp³-hybridized carbons (Fsp3) is 0.400. The lowest BCUT2D eigenvalue weighted by Crippen LogP contribution is -2.00. The molecule has 3 rings (SSSR count). The Morgan fingerprint density at radius 2 is 2.17 bits per heavy atom. The molecule has 0 unspecified atom stereocenters. The number of nitrogens with zero attached hydrogens (tertiary/aromatic N) is 1. The van der Waals surface area contributed by atoms with Crippen LogP contribution >= 0.6 is 0 Å². The second-order valence-corrected chi connectivity index (χ2v) is 4.78. The molecule has 1 fully saturated rings. The summed E-state index contributed by atoms with van der Waals surface area (Å²) in [5, 5.41) is 4.57. The molecule has 0 saturated heterocycles. The predicted molar refractivity (Wildman–Crippen MR) is 74.4 cm³/mol. The standard InChI is InChI=1S/C15H18N2O/c1-3-16-15-9-14(10-4-5-10)17-13-7-6-11(18-2)8-12(13)15/h6-10H,3-5H2,1-2H3,(H,16,17). The van der Waals surface area contributed by atoms with Crippen molar-refractivity contribution in [1.82, 2.24) is 4.98 Å². The van der Waals surface area contributed by atoms with Gasteiger partial charge in [-0.15, -0.1) is 0 Å². The summed E-state index contributed by atoms with van der Waals surface area (Å²) in [6.45, 7) is 3.03. The summed E-state index contributed by atoms with van der Waals surface area (Å²) in [5.74, 6) is 1.55. The minimum absolute atomic E-state index is 0.675. The van der Waals surface area contributed by atoms with Gasteiger partial charge in [-0.2, -0.15) is 0 Å². The molecule has 0 aliphatic heterocycles. The molecule has 0 atom stereocenters. The monoisotopic (exact) mass is 242 g/mol. The number of anilines is 1. The zero-order chi connectivity index (χ0) is 12.5. The van der Waals surface area contributed by atoms with Crippen molar-refractivity contribution in [1.29, 1.82) is 0 Å². The van der Waals surface area contributed by atoms with Crippen molar-refractivity contribution >= 4 is 16.6 Å². The van der Waals surface area contributed by atoms with Crippen LogP contribution in [0.2, 0.25) is 0 Å². The number of fused-ring (bicyclic) bond motifs is 1. The first-order chi connectivity index (χ1) is 8.81. The summed E-state index contributed by atoms with van der Waals surface area (Å²) in [4.78, 5) is 4.76. The van der Waals surface area contributed by atoms with E-state index in [1.54, 1.807) is 7.11 Å². The van der Waals surface area contributed by atoms with E-state index in [2.05, 4.69) is 24.4 Å². The molecule has 18 heavy (non-hydrogen) atoms. The number of hydrogen-bond acceptors (Lipinski definition) is 3. The average Bonchev–Trinajstić information content (AvgIpc) is 3.22. The van der Waals surface area contributed by atoms with E-state index in [4.69, 9.17) is 9.72 Å². The molecule has 0 radical (unpaired) electrons. The van der Waals surface area contributed by atoms with Crippen molar-refractivity contribution in [2.45, 2.75) is 25.7 Å². The Labute approximate surface area is 107 Å². The molecule has 1 aromatic carbocycles. The first-order valence-electron chi connectivity index (χ1n) is 6.54. The number of ether oxygens (including phenoxy) is 1. The predicted octanol–water partition coefficient (Wildman–Crippen LogP) is 3.55. The van der Waals surface area contributed by atoms with Gasteiger partial charge in [0.05, 0.1) is 12.6 Å². The van der Waals surface area contributed by atoms with Crippen LogP contribution in [0, 0.1) is 0 Å². The van der Waals surface area contributed by atoms with Crippen LogP contribution in [-0.4, -0.2) is 18.6 Å². The van der Waals surface area contributed by atoms with E-state index in [-0.39, 0.29) is 0 Å². The van der Waals surface area contributed by atoms with Gasteiger partial charge in [0.1, 0.15) is 5.75 Å². The fourth-order valence-corrected chi connectivity index (χ4v) is 2.28. The molecular formula is C15H18N2O. The fourth-order valence-electron chi connectivity index (χ4n) is 2.28. The number of rotatable bonds is 4. The SMILES string of the molecule is CCNc1cc(C2CC2)nc2ccc(OC)cc12. The van der Waals surface area contributed by atoms with Crippen LogP contribution in [0.25, 0.3) is 10.9 Å². The maximum absolute atomic E-state index is 5.29. The smallest absolute Gasteiger partial charge is 0.119 e. The summed E-state index contributed by atoms with van der Waals surface area (Å²) in [7, 11) is 1.69. The quantitative estimate of drug-likeness (QED) is 0.890. The van der Waals surface area contributed by atoms with Crippen LogP contribution in [0.1, 0.15) is 31.4 Å². The van der Waals surface area contributed by atoms with E-state index in [1.165, 1.54) is 24.2 Å². The molecule has 3 heteroatoms. The van der Waals surface area contributed by atoms with E-state index in [0.717, 1.165) is 23.2 Å². The van der Waals surface area contributed by atoms with Gasteiger partial charge in [-0.05, 0) is 44.0 Å². The summed E-state index contributed by atoms with van der Waals surface area (Å²) in [6, 6.07) is 8.27. The highest BCUT2D eigenvalue weighted by Gasteiger charge is 2.25. The van der Waals surface area contributed by atoms with Gasteiger partial charge >= 0.3 is 0 Å². The maximum Gasteiger partial charge on any atom is 0.119 e. The summed E-state index contributed by atoms with van der Waals surface area (Å²) >= 11 is 0. The first kappa shape index (κ1) is 11.3. The average molecular weight is 242 g/mol. The third-order valence-corrected chi connectivity index (χ3v) is 3.40. The third kappa shape index (κ3) is 2.01. The molecular weight excluding hydrogens is 224 g/mol. The van der Waals surface area contributed by atoms with Crippen molar-refractivity contribution < 1.29 is 4.74 Å². The van der Waals surface area contributed by atoms with E-state index < -0.39 is 0 Å². The molecule has 1 aromatic heterocycles. The summed E-state index contributed by atoms with van der Waals surface area (Å²) < 4.78 is 5.29. The van der Waals surface area contributed by atoms with Crippen LogP contribution in [-0.2, 0) is 0 Å². The van der Waals surface area contributed by atoms with Gasteiger partial charge in [0.15, 0.2) is 0 Å². The lowest BCUT2D eigenvalue weighted by atomic mass is 10.1. The number of aromatic nitrogens is 1. The highest BCUT2D eigenvalue weighted by Crippen LogP contribution is 2.41. The van der Waals surface area contributed by atoms with E-state index >= 15 is 0 Å². The number of hydrogen-bond donors (Lipinski definition) is 1. The zero-order valence-electron chi connectivity index (χ0n) is 10.9. The number of pyridine rings is 1. The third-order valence-electron chi connectivity index (χ3n) is 3.40. The normalized spacial score (nSPS) is 14.8. The highest BCUT2D eigenvalue weighted by molar-refractivity contribution is 5.92. The van der Waals surface area contributed by atoms with Gasteiger partial charge in [-0.3, -0.25) is 4.98 Å². The van der Waals surface area contributed by atoms with Crippen molar-refractivity contribution in [2.75, 3.05) is 19.0 Å².